The van der Waals surface area contributed by atoms with Gasteiger partial charge < -0.3 is 0 Å². The second-order valence-corrected chi connectivity index (χ2v) is 8.85. The van der Waals surface area contributed by atoms with Crippen molar-refractivity contribution in [2.45, 2.75) is 58.3 Å². The highest BCUT2D eigenvalue weighted by Gasteiger charge is 2.41. The zero-order valence-corrected chi connectivity index (χ0v) is 14.5. The zero-order valence-electron chi connectivity index (χ0n) is 12.8. The summed E-state index contributed by atoms with van der Waals surface area (Å²) >= 11 is 1.64. The molecule has 1 heterocycles. The van der Waals surface area contributed by atoms with E-state index >= 15 is 0 Å². The first-order valence-corrected chi connectivity index (χ1v) is 10.1. The lowest BCUT2D eigenvalue weighted by atomic mass is 9.88. The number of rotatable bonds is 2. The molecule has 0 N–H and O–H groups in total. The first-order chi connectivity index (χ1) is 10.8. The van der Waals surface area contributed by atoms with Crippen LogP contribution in [0.15, 0.2) is 68.1 Å². The van der Waals surface area contributed by atoms with Gasteiger partial charge in [-0.1, -0.05) is 55.8 Å². The Hall–Kier alpha value is -0.900. The molecule has 0 unspecified atom stereocenters. The van der Waals surface area contributed by atoms with Crippen molar-refractivity contribution in [3.63, 3.8) is 0 Å². The molecule has 0 radical (unpaired) electrons. The zero-order chi connectivity index (χ0) is 14.9. The van der Waals surface area contributed by atoms with Crippen LogP contribution in [0.25, 0.3) is 0 Å². The maximum Gasteiger partial charge on any atom is 0.225 e. The molecule has 4 rings (SSSR count). The van der Waals surface area contributed by atoms with Crippen molar-refractivity contribution in [1.29, 1.82) is 0 Å². The molecule has 2 atom stereocenters. The summed E-state index contributed by atoms with van der Waals surface area (Å²) in [6, 6.07) is 17.5. The molecule has 1 aliphatic carbocycles. The minimum atomic E-state index is -0.234. The van der Waals surface area contributed by atoms with Gasteiger partial charge in [-0.3, -0.25) is 0 Å². The van der Waals surface area contributed by atoms with Crippen LogP contribution in [0.2, 0.25) is 0 Å². The van der Waals surface area contributed by atoms with Crippen LogP contribution < -0.4 is 0 Å². The highest BCUT2D eigenvalue weighted by molar-refractivity contribution is 8.02. The van der Waals surface area contributed by atoms with Gasteiger partial charge in [0, 0.05) is 0 Å². The van der Waals surface area contributed by atoms with Crippen LogP contribution in [-0.2, 0) is 15.4 Å². The van der Waals surface area contributed by atoms with Crippen molar-refractivity contribution < 1.29 is 4.18 Å². The van der Waals surface area contributed by atoms with Crippen molar-refractivity contribution in [2.24, 2.45) is 5.92 Å². The lowest BCUT2D eigenvalue weighted by Crippen LogP contribution is -2.29. The van der Waals surface area contributed by atoms with Gasteiger partial charge in [0.25, 0.3) is 0 Å². The molecule has 2 aromatic rings. The summed E-state index contributed by atoms with van der Waals surface area (Å²) in [4.78, 5) is 5.44. The third kappa shape index (κ3) is 2.70. The first-order valence-electron chi connectivity index (χ1n) is 8.10. The molecule has 1 aliphatic heterocycles. The van der Waals surface area contributed by atoms with Gasteiger partial charge in [-0.25, -0.2) is 0 Å². The Labute approximate surface area is 140 Å². The first kappa shape index (κ1) is 14.7. The topological polar surface area (TPSA) is 9.23 Å². The molecule has 1 saturated carbocycles. The van der Waals surface area contributed by atoms with Crippen LogP contribution in [0.1, 0.15) is 32.6 Å². The standard InChI is InChI=1S/C19H21OS2/c1-14-8-2-3-9-15(14)20-22-18-12-6-4-10-16(18)21-17-11-5-7-13-19(17)22/h4-7,10-15H,2-3,8-9H2,1H3/q+1/t14-,15-/m1/s1. The SMILES string of the molecule is C[C@@H]1CCCC[C@H]1O[S+]1c2ccccc2Sc2ccccc21. The van der Waals surface area contributed by atoms with Crippen molar-refractivity contribution in [3.05, 3.63) is 48.5 Å². The van der Waals surface area contributed by atoms with E-state index in [4.69, 9.17) is 4.18 Å². The Kier molecular flexibility index (Phi) is 4.21. The highest BCUT2D eigenvalue weighted by Crippen LogP contribution is 2.47. The molecule has 114 valence electrons. The molecule has 0 bridgehead atoms. The van der Waals surface area contributed by atoms with E-state index in [1.54, 1.807) is 0 Å². The minimum absolute atomic E-state index is 0.234. The second-order valence-electron chi connectivity index (χ2n) is 6.16. The van der Waals surface area contributed by atoms with E-state index in [2.05, 4.69) is 55.5 Å². The van der Waals surface area contributed by atoms with Gasteiger partial charge in [-0.2, -0.15) is 4.18 Å². The maximum atomic E-state index is 6.71. The van der Waals surface area contributed by atoms with Crippen molar-refractivity contribution >= 4 is 22.9 Å². The lowest BCUT2D eigenvalue weighted by molar-refractivity contribution is 0.120. The number of benzene rings is 2. The van der Waals surface area contributed by atoms with E-state index in [1.807, 2.05) is 11.8 Å². The fourth-order valence-electron chi connectivity index (χ4n) is 3.26. The Balaban J connectivity index is 1.71. The van der Waals surface area contributed by atoms with Crippen molar-refractivity contribution in [2.75, 3.05) is 0 Å². The minimum Gasteiger partial charge on any atom is -0.158 e. The van der Waals surface area contributed by atoms with Crippen LogP contribution in [0, 0.1) is 5.92 Å². The summed E-state index contributed by atoms with van der Waals surface area (Å²) in [5.74, 6) is 0.676. The Morgan fingerprint density at radius 2 is 1.50 bits per heavy atom. The van der Waals surface area contributed by atoms with Gasteiger partial charge in [0.2, 0.25) is 21.0 Å². The van der Waals surface area contributed by atoms with E-state index < -0.39 is 0 Å². The lowest BCUT2D eigenvalue weighted by Gasteiger charge is -2.28. The summed E-state index contributed by atoms with van der Waals surface area (Å²) in [5.41, 5.74) is 0. The van der Waals surface area contributed by atoms with Crippen molar-refractivity contribution in [1.82, 2.24) is 0 Å². The molecule has 1 fully saturated rings. The molecule has 0 saturated heterocycles. The van der Waals surface area contributed by atoms with E-state index in [-0.39, 0.29) is 11.2 Å². The Morgan fingerprint density at radius 1 is 0.909 bits per heavy atom. The van der Waals surface area contributed by atoms with Gasteiger partial charge >= 0.3 is 0 Å². The quantitative estimate of drug-likeness (QED) is 0.654. The van der Waals surface area contributed by atoms with E-state index in [0.29, 0.717) is 12.0 Å². The molecular weight excluding hydrogens is 308 g/mol. The fourth-order valence-corrected chi connectivity index (χ4v) is 6.72. The van der Waals surface area contributed by atoms with E-state index in [1.165, 1.54) is 45.3 Å². The third-order valence-electron chi connectivity index (χ3n) is 4.57. The number of hydrogen-bond donors (Lipinski definition) is 0. The normalized spacial score (nSPS) is 24.6. The molecule has 0 amide bonds. The molecule has 3 heteroatoms. The molecule has 2 aliphatic rings. The molecule has 2 aromatic carbocycles. The van der Waals surface area contributed by atoms with Gasteiger partial charge in [0.1, 0.15) is 6.10 Å². The van der Waals surface area contributed by atoms with Crippen molar-refractivity contribution in [3.8, 4) is 0 Å². The van der Waals surface area contributed by atoms with E-state index in [9.17, 15) is 0 Å². The monoisotopic (exact) mass is 329 g/mol. The van der Waals surface area contributed by atoms with Crippen LogP contribution in [0.5, 0.6) is 0 Å². The number of fused-ring (bicyclic) bond motifs is 2. The predicted octanol–water partition coefficient (Wildman–Crippen LogP) is 5.70. The Morgan fingerprint density at radius 3 is 2.14 bits per heavy atom. The molecule has 1 nitrogen and oxygen atoms in total. The summed E-state index contributed by atoms with van der Waals surface area (Å²) in [6.07, 6.45) is 5.59. The third-order valence-corrected chi connectivity index (χ3v) is 7.93. The van der Waals surface area contributed by atoms with Gasteiger partial charge in [-0.15, -0.1) is 0 Å². The fraction of sp³-hybridized carbons (Fsp3) is 0.368. The van der Waals surface area contributed by atoms with Gasteiger partial charge in [0.15, 0.2) is 0 Å². The predicted molar refractivity (Wildman–Crippen MR) is 93.4 cm³/mol. The Bertz CT molecular complexity index is 624. The summed E-state index contributed by atoms with van der Waals surface area (Å²) in [6.45, 7) is 2.35. The smallest absolute Gasteiger partial charge is 0.158 e. The summed E-state index contributed by atoms with van der Waals surface area (Å²) in [5, 5.41) is 0. The largest absolute Gasteiger partial charge is 0.225 e. The second kappa shape index (κ2) is 6.31. The summed E-state index contributed by atoms with van der Waals surface area (Å²) < 4.78 is 6.71. The molecular formula is C19H21OS2+. The van der Waals surface area contributed by atoms with Gasteiger partial charge in [-0.05, 0) is 43.0 Å². The van der Waals surface area contributed by atoms with Gasteiger partial charge in [0.05, 0.1) is 9.79 Å². The van der Waals surface area contributed by atoms with Crippen LogP contribution in [0.3, 0.4) is 0 Å². The van der Waals surface area contributed by atoms with Crippen LogP contribution >= 0.6 is 11.8 Å². The highest BCUT2D eigenvalue weighted by atomic mass is 32.2. The number of hydrogen-bond acceptors (Lipinski definition) is 2. The molecule has 0 aromatic heterocycles. The molecule has 22 heavy (non-hydrogen) atoms. The van der Waals surface area contributed by atoms with Crippen LogP contribution in [0.4, 0.5) is 0 Å². The summed E-state index contributed by atoms with van der Waals surface area (Å²) in [7, 11) is 0. The average Bonchev–Trinajstić information content (AvgIpc) is 2.56. The maximum absolute atomic E-state index is 6.71. The van der Waals surface area contributed by atoms with E-state index in [0.717, 1.165) is 0 Å². The molecule has 0 spiro atoms. The average molecular weight is 330 g/mol. The van der Waals surface area contributed by atoms with Crippen LogP contribution in [-0.4, -0.2) is 6.10 Å².